The Balaban J connectivity index is 3.02. The number of nitrogens with zero attached hydrogens (tertiary/aromatic N) is 1. The third-order valence-corrected chi connectivity index (χ3v) is 1.85. The molecule has 1 rings (SSSR count). The molecule has 0 unspecified atom stereocenters. The number of para-hydroxylation sites is 1. The van der Waals surface area contributed by atoms with E-state index in [1.807, 2.05) is 5.32 Å². The molecular formula is C8H9F3N4O2. The standard InChI is InChI=1S/C8H9F3N4O2/c9-8(10,11)4-13-5-2-1-3-6(14-12)7(5)15(16)17/h1-3,13-14H,4,12H2. The first-order chi connectivity index (χ1) is 7.85. The first-order valence-corrected chi connectivity index (χ1v) is 4.40. The van der Waals surface area contributed by atoms with Gasteiger partial charge in [0.15, 0.2) is 0 Å². The molecule has 0 amide bonds. The van der Waals surface area contributed by atoms with E-state index < -0.39 is 23.3 Å². The predicted octanol–water partition coefficient (Wildman–Crippen LogP) is 1.85. The second-order valence-electron chi connectivity index (χ2n) is 3.07. The second kappa shape index (κ2) is 4.87. The van der Waals surface area contributed by atoms with Gasteiger partial charge in [0.2, 0.25) is 0 Å². The monoisotopic (exact) mass is 250 g/mol. The van der Waals surface area contributed by atoms with E-state index in [9.17, 15) is 23.3 Å². The molecule has 4 N–H and O–H groups in total. The van der Waals surface area contributed by atoms with Crippen molar-refractivity contribution < 1.29 is 18.1 Å². The zero-order chi connectivity index (χ0) is 13.1. The summed E-state index contributed by atoms with van der Waals surface area (Å²) in [4.78, 5) is 9.90. The normalized spacial score (nSPS) is 11.1. The largest absolute Gasteiger partial charge is 0.405 e. The maximum absolute atomic E-state index is 12.0. The van der Waals surface area contributed by atoms with Crippen molar-refractivity contribution in [2.45, 2.75) is 6.18 Å². The first-order valence-electron chi connectivity index (χ1n) is 4.40. The number of hydrogen-bond acceptors (Lipinski definition) is 5. The molecule has 0 saturated heterocycles. The van der Waals surface area contributed by atoms with E-state index >= 15 is 0 Å². The molecule has 0 saturated carbocycles. The van der Waals surface area contributed by atoms with Gasteiger partial charge in [-0.3, -0.25) is 16.0 Å². The lowest BCUT2D eigenvalue weighted by Crippen LogP contribution is -2.22. The highest BCUT2D eigenvalue weighted by Gasteiger charge is 2.28. The van der Waals surface area contributed by atoms with Crippen LogP contribution >= 0.6 is 0 Å². The van der Waals surface area contributed by atoms with Crippen LogP contribution < -0.4 is 16.6 Å². The molecular weight excluding hydrogens is 241 g/mol. The maximum Gasteiger partial charge on any atom is 0.405 e. The number of nitrogen functional groups attached to an aromatic ring is 1. The number of hydrogen-bond donors (Lipinski definition) is 3. The van der Waals surface area contributed by atoms with Crippen molar-refractivity contribution in [3.05, 3.63) is 28.3 Å². The number of alkyl halides is 3. The van der Waals surface area contributed by atoms with Crippen LogP contribution in [-0.2, 0) is 0 Å². The van der Waals surface area contributed by atoms with Gasteiger partial charge >= 0.3 is 11.9 Å². The number of halogens is 3. The highest BCUT2D eigenvalue weighted by atomic mass is 19.4. The molecule has 1 aromatic carbocycles. The van der Waals surface area contributed by atoms with Crippen LogP contribution in [0.3, 0.4) is 0 Å². The molecule has 0 radical (unpaired) electrons. The zero-order valence-corrected chi connectivity index (χ0v) is 8.41. The Kier molecular flexibility index (Phi) is 3.73. The van der Waals surface area contributed by atoms with Crippen LogP contribution in [-0.4, -0.2) is 17.6 Å². The Bertz CT molecular complexity index is 422. The lowest BCUT2D eigenvalue weighted by molar-refractivity contribution is -0.383. The summed E-state index contributed by atoms with van der Waals surface area (Å²) >= 11 is 0. The number of nitro groups is 1. The summed E-state index contributed by atoms with van der Waals surface area (Å²) in [7, 11) is 0. The van der Waals surface area contributed by atoms with Gasteiger partial charge in [-0.2, -0.15) is 13.2 Å². The number of benzene rings is 1. The molecule has 0 aliphatic carbocycles. The third-order valence-electron chi connectivity index (χ3n) is 1.85. The summed E-state index contributed by atoms with van der Waals surface area (Å²) < 4.78 is 36.0. The average molecular weight is 250 g/mol. The Morgan fingerprint density at radius 3 is 2.41 bits per heavy atom. The van der Waals surface area contributed by atoms with Gasteiger partial charge in [0.25, 0.3) is 0 Å². The second-order valence-corrected chi connectivity index (χ2v) is 3.07. The zero-order valence-electron chi connectivity index (χ0n) is 8.41. The lowest BCUT2D eigenvalue weighted by Gasteiger charge is -2.11. The molecule has 9 heteroatoms. The summed E-state index contributed by atoms with van der Waals surface area (Å²) in [5.41, 5.74) is 1.21. The smallest absolute Gasteiger partial charge is 0.371 e. The van der Waals surface area contributed by atoms with Gasteiger partial charge < -0.3 is 10.7 Å². The Hall–Kier alpha value is -2.03. The number of rotatable bonds is 4. The summed E-state index contributed by atoms with van der Waals surface area (Å²) in [6.45, 7) is -1.36. The van der Waals surface area contributed by atoms with E-state index in [0.717, 1.165) is 0 Å². The van der Waals surface area contributed by atoms with Gasteiger partial charge in [0, 0.05) is 0 Å². The molecule has 0 heterocycles. The molecule has 0 spiro atoms. The van der Waals surface area contributed by atoms with Crippen molar-refractivity contribution in [3.63, 3.8) is 0 Å². The molecule has 0 fully saturated rings. The number of hydrazine groups is 1. The third kappa shape index (κ3) is 3.48. The van der Waals surface area contributed by atoms with Gasteiger partial charge in [-0.05, 0) is 12.1 Å². The fourth-order valence-corrected chi connectivity index (χ4v) is 1.19. The maximum atomic E-state index is 12.0. The Morgan fingerprint density at radius 1 is 1.35 bits per heavy atom. The highest BCUT2D eigenvalue weighted by molar-refractivity contribution is 5.75. The minimum absolute atomic E-state index is 0.0674. The van der Waals surface area contributed by atoms with Crippen LogP contribution in [0.25, 0.3) is 0 Å². The topological polar surface area (TPSA) is 93.2 Å². The van der Waals surface area contributed by atoms with Gasteiger partial charge in [-0.15, -0.1) is 0 Å². The molecule has 0 aliphatic rings. The van der Waals surface area contributed by atoms with Crippen LogP contribution in [0.15, 0.2) is 18.2 Å². The molecule has 17 heavy (non-hydrogen) atoms. The van der Waals surface area contributed by atoms with Gasteiger partial charge in [0.1, 0.15) is 17.9 Å². The van der Waals surface area contributed by atoms with Crippen molar-refractivity contribution in [3.8, 4) is 0 Å². The van der Waals surface area contributed by atoms with Gasteiger partial charge in [-0.1, -0.05) is 6.07 Å². The van der Waals surface area contributed by atoms with E-state index in [1.54, 1.807) is 0 Å². The molecule has 6 nitrogen and oxygen atoms in total. The molecule has 94 valence electrons. The van der Waals surface area contributed by atoms with Crippen molar-refractivity contribution in [1.82, 2.24) is 0 Å². The van der Waals surface area contributed by atoms with E-state index in [0.29, 0.717) is 0 Å². The quantitative estimate of drug-likeness (QED) is 0.431. The van der Waals surface area contributed by atoms with E-state index in [4.69, 9.17) is 5.84 Å². The summed E-state index contributed by atoms with van der Waals surface area (Å²) in [6.07, 6.45) is -4.46. The van der Waals surface area contributed by atoms with Crippen LogP contribution in [0.5, 0.6) is 0 Å². The van der Waals surface area contributed by atoms with E-state index in [2.05, 4.69) is 5.43 Å². The van der Waals surface area contributed by atoms with Crippen molar-refractivity contribution in [1.29, 1.82) is 0 Å². The minimum Gasteiger partial charge on any atom is -0.371 e. The molecule has 1 aromatic rings. The predicted molar refractivity (Wildman–Crippen MR) is 55.5 cm³/mol. The highest BCUT2D eigenvalue weighted by Crippen LogP contribution is 2.32. The molecule has 0 aromatic heterocycles. The number of anilines is 2. The Labute approximate surface area is 93.7 Å². The van der Waals surface area contributed by atoms with Crippen molar-refractivity contribution in [2.24, 2.45) is 5.84 Å². The van der Waals surface area contributed by atoms with Gasteiger partial charge in [0.05, 0.1) is 4.92 Å². The van der Waals surface area contributed by atoms with Crippen LogP contribution in [0, 0.1) is 10.1 Å². The van der Waals surface area contributed by atoms with Gasteiger partial charge in [-0.25, -0.2) is 0 Å². The average Bonchev–Trinajstić information content (AvgIpc) is 2.24. The molecule has 0 aliphatic heterocycles. The van der Waals surface area contributed by atoms with E-state index in [-0.39, 0.29) is 11.4 Å². The van der Waals surface area contributed by atoms with E-state index in [1.165, 1.54) is 18.2 Å². The number of nitro benzene ring substituents is 1. The van der Waals surface area contributed by atoms with Crippen LogP contribution in [0.1, 0.15) is 0 Å². The number of nitrogens with two attached hydrogens (primary N) is 1. The molecule has 0 atom stereocenters. The summed E-state index contributed by atoms with van der Waals surface area (Å²) in [6, 6.07) is 3.81. The molecule has 0 bridgehead atoms. The van der Waals surface area contributed by atoms with Crippen LogP contribution in [0.4, 0.5) is 30.2 Å². The summed E-state index contributed by atoms with van der Waals surface area (Å²) in [5, 5.41) is 12.7. The first kappa shape index (κ1) is 13.0. The fraction of sp³-hybridized carbons (Fsp3) is 0.250. The van der Waals surface area contributed by atoms with Crippen molar-refractivity contribution in [2.75, 3.05) is 17.3 Å². The SMILES string of the molecule is NNc1cccc(NCC(F)(F)F)c1[N+](=O)[O-]. The summed E-state index contributed by atoms with van der Waals surface area (Å²) in [5.74, 6) is 5.03. The Morgan fingerprint density at radius 2 is 1.94 bits per heavy atom. The number of nitrogens with one attached hydrogen (secondary N) is 2. The lowest BCUT2D eigenvalue weighted by atomic mass is 10.2. The van der Waals surface area contributed by atoms with Crippen LogP contribution in [0.2, 0.25) is 0 Å². The minimum atomic E-state index is -4.46. The fourth-order valence-electron chi connectivity index (χ4n) is 1.19. The van der Waals surface area contributed by atoms with Crippen molar-refractivity contribution >= 4 is 17.1 Å².